The molecule has 2 aliphatic heterocycles. The van der Waals surface area contributed by atoms with Gasteiger partial charge in [-0.1, -0.05) is 0 Å². The molecule has 0 aromatic carbocycles. The van der Waals surface area contributed by atoms with Crippen LogP contribution in [0.2, 0.25) is 0 Å². The number of nitrogens with zero attached hydrogens (tertiary/aromatic N) is 3. The minimum Gasteiger partial charge on any atom is -0.438 e. The van der Waals surface area contributed by atoms with E-state index in [9.17, 15) is 13.2 Å². The van der Waals surface area contributed by atoms with Crippen molar-refractivity contribution >= 4 is 15.9 Å². The first-order chi connectivity index (χ1) is 12.4. The Kier molecular flexibility index (Phi) is 6.01. The van der Waals surface area contributed by atoms with E-state index in [0.29, 0.717) is 19.0 Å². The van der Waals surface area contributed by atoms with Crippen molar-refractivity contribution < 1.29 is 17.6 Å². The molecular weight excluding hydrogens is 356 g/mol. The number of piperidine rings is 1. The maximum atomic E-state index is 12.6. The van der Waals surface area contributed by atoms with Crippen molar-refractivity contribution in [1.82, 2.24) is 19.4 Å². The Morgan fingerprint density at radius 3 is 2.42 bits per heavy atom. The fraction of sp³-hybridized carbons (Fsp3) is 0.706. The zero-order valence-corrected chi connectivity index (χ0v) is 16.3. The van der Waals surface area contributed by atoms with Crippen LogP contribution >= 0.6 is 0 Å². The number of likely N-dealkylation sites (tertiary alicyclic amines) is 1. The van der Waals surface area contributed by atoms with Crippen LogP contribution in [0.5, 0.6) is 0 Å². The molecule has 3 rings (SSSR count). The third kappa shape index (κ3) is 4.46. The standard InChI is InChI=1S/C17H28N4O4S/c1-18-26(23,24)16-4-3-15(25-16)17(22)21-7-5-14(6-8-21)13-20-11-9-19(2)10-12-20/h3-4,14,18H,5-13H2,1-2H3. The fourth-order valence-corrected chi connectivity index (χ4v) is 4.20. The first kappa shape index (κ1) is 19.3. The van der Waals surface area contributed by atoms with Crippen molar-refractivity contribution in [1.29, 1.82) is 0 Å². The highest BCUT2D eigenvalue weighted by atomic mass is 32.2. The smallest absolute Gasteiger partial charge is 0.289 e. The van der Waals surface area contributed by atoms with Crippen LogP contribution in [0.3, 0.4) is 0 Å². The topological polar surface area (TPSA) is 86.1 Å². The lowest BCUT2D eigenvalue weighted by Gasteiger charge is -2.37. The molecule has 8 nitrogen and oxygen atoms in total. The number of amides is 1. The molecule has 0 bridgehead atoms. The number of hydrogen-bond donors (Lipinski definition) is 1. The van der Waals surface area contributed by atoms with Crippen LogP contribution in [-0.4, -0.2) is 88.9 Å². The van der Waals surface area contributed by atoms with E-state index in [1.807, 2.05) is 0 Å². The summed E-state index contributed by atoms with van der Waals surface area (Å²) < 4.78 is 30.9. The quantitative estimate of drug-likeness (QED) is 0.785. The van der Waals surface area contributed by atoms with Crippen molar-refractivity contribution in [3.8, 4) is 0 Å². The molecule has 2 aliphatic rings. The van der Waals surface area contributed by atoms with Crippen LogP contribution in [0.15, 0.2) is 21.6 Å². The van der Waals surface area contributed by atoms with Gasteiger partial charge in [0, 0.05) is 45.8 Å². The van der Waals surface area contributed by atoms with Gasteiger partial charge < -0.3 is 19.1 Å². The van der Waals surface area contributed by atoms with E-state index in [4.69, 9.17) is 4.42 Å². The predicted octanol–water partition coefficient (Wildman–Crippen LogP) is 0.287. The Bertz CT molecular complexity index is 717. The average Bonchev–Trinajstić information content (AvgIpc) is 3.15. The minimum absolute atomic E-state index is 0.0799. The number of likely N-dealkylation sites (N-methyl/N-ethyl adjacent to an activating group) is 1. The summed E-state index contributed by atoms with van der Waals surface area (Å²) in [6.07, 6.45) is 1.95. The van der Waals surface area contributed by atoms with Crippen LogP contribution in [0.25, 0.3) is 0 Å². The van der Waals surface area contributed by atoms with E-state index < -0.39 is 10.0 Å². The lowest BCUT2D eigenvalue weighted by molar-refractivity contribution is 0.0609. The van der Waals surface area contributed by atoms with Crippen LogP contribution in [-0.2, 0) is 10.0 Å². The van der Waals surface area contributed by atoms with E-state index in [1.54, 1.807) is 4.90 Å². The Morgan fingerprint density at radius 1 is 1.15 bits per heavy atom. The van der Waals surface area contributed by atoms with Crippen molar-refractivity contribution in [2.45, 2.75) is 17.9 Å². The molecule has 0 unspecified atom stereocenters. The Morgan fingerprint density at radius 2 is 1.81 bits per heavy atom. The van der Waals surface area contributed by atoms with Crippen molar-refractivity contribution in [2.24, 2.45) is 5.92 Å². The number of piperazine rings is 1. The molecule has 1 N–H and O–H groups in total. The molecule has 3 heterocycles. The third-order valence-electron chi connectivity index (χ3n) is 5.34. The van der Waals surface area contributed by atoms with Crippen molar-refractivity contribution in [3.05, 3.63) is 17.9 Å². The Hall–Kier alpha value is -1.42. The normalized spacial score (nSPS) is 21.2. The second-order valence-electron chi connectivity index (χ2n) is 7.17. The summed E-state index contributed by atoms with van der Waals surface area (Å²) in [6.45, 7) is 6.94. The molecule has 1 amide bonds. The number of hydrogen-bond acceptors (Lipinski definition) is 6. The molecule has 2 fully saturated rings. The summed E-state index contributed by atoms with van der Waals surface area (Å²) in [7, 11) is -0.201. The van der Waals surface area contributed by atoms with E-state index in [-0.39, 0.29) is 16.8 Å². The van der Waals surface area contributed by atoms with Crippen LogP contribution in [0.1, 0.15) is 23.4 Å². The second-order valence-corrected chi connectivity index (χ2v) is 8.98. The number of nitrogens with one attached hydrogen (secondary N) is 1. The highest BCUT2D eigenvalue weighted by molar-refractivity contribution is 7.89. The lowest BCUT2D eigenvalue weighted by Crippen LogP contribution is -2.47. The van der Waals surface area contributed by atoms with Gasteiger partial charge in [-0.2, -0.15) is 0 Å². The molecule has 1 aromatic heterocycles. The van der Waals surface area contributed by atoms with Gasteiger partial charge in [-0.15, -0.1) is 0 Å². The number of furan rings is 1. The van der Waals surface area contributed by atoms with Crippen LogP contribution < -0.4 is 4.72 Å². The van der Waals surface area contributed by atoms with E-state index in [1.165, 1.54) is 19.2 Å². The van der Waals surface area contributed by atoms with E-state index in [0.717, 1.165) is 45.6 Å². The van der Waals surface area contributed by atoms with Gasteiger partial charge in [0.15, 0.2) is 5.76 Å². The van der Waals surface area contributed by atoms with Gasteiger partial charge in [0.2, 0.25) is 5.09 Å². The first-order valence-electron chi connectivity index (χ1n) is 9.12. The lowest BCUT2D eigenvalue weighted by atomic mass is 9.95. The molecule has 9 heteroatoms. The van der Waals surface area contributed by atoms with Gasteiger partial charge in [-0.25, -0.2) is 13.1 Å². The van der Waals surface area contributed by atoms with Crippen molar-refractivity contribution in [2.75, 3.05) is 59.9 Å². The zero-order valence-electron chi connectivity index (χ0n) is 15.5. The monoisotopic (exact) mass is 384 g/mol. The molecule has 0 spiro atoms. The molecule has 2 saturated heterocycles. The first-order valence-corrected chi connectivity index (χ1v) is 10.6. The molecule has 0 atom stereocenters. The average molecular weight is 385 g/mol. The predicted molar refractivity (Wildman–Crippen MR) is 97.5 cm³/mol. The molecular formula is C17H28N4O4S. The molecule has 0 radical (unpaired) electrons. The number of carbonyl (C=O) groups is 1. The van der Waals surface area contributed by atoms with E-state index >= 15 is 0 Å². The zero-order chi connectivity index (χ0) is 18.7. The van der Waals surface area contributed by atoms with Crippen molar-refractivity contribution in [3.63, 3.8) is 0 Å². The van der Waals surface area contributed by atoms with E-state index in [2.05, 4.69) is 21.6 Å². The summed E-state index contributed by atoms with van der Waals surface area (Å²) in [4.78, 5) is 19.2. The summed E-state index contributed by atoms with van der Waals surface area (Å²) >= 11 is 0. The number of carbonyl (C=O) groups excluding carboxylic acids is 1. The minimum atomic E-state index is -3.67. The summed E-state index contributed by atoms with van der Waals surface area (Å²) in [5.41, 5.74) is 0. The maximum absolute atomic E-state index is 12.6. The Labute approximate surface area is 155 Å². The number of sulfonamides is 1. The third-order valence-corrected chi connectivity index (χ3v) is 6.63. The van der Waals surface area contributed by atoms with Gasteiger partial charge in [0.05, 0.1) is 0 Å². The molecule has 1 aromatic rings. The highest BCUT2D eigenvalue weighted by Gasteiger charge is 2.28. The van der Waals surface area contributed by atoms with Gasteiger partial charge in [0.1, 0.15) is 0 Å². The van der Waals surface area contributed by atoms with Gasteiger partial charge in [-0.3, -0.25) is 4.79 Å². The highest BCUT2D eigenvalue weighted by Crippen LogP contribution is 2.22. The number of rotatable bonds is 5. The van der Waals surface area contributed by atoms with Crippen LogP contribution in [0, 0.1) is 5.92 Å². The molecule has 146 valence electrons. The SMILES string of the molecule is CNS(=O)(=O)c1ccc(C(=O)N2CCC(CN3CCN(C)CC3)CC2)o1. The van der Waals surface area contributed by atoms with Gasteiger partial charge in [0.25, 0.3) is 15.9 Å². The molecule has 0 aliphatic carbocycles. The van der Waals surface area contributed by atoms with Crippen LogP contribution in [0.4, 0.5) is 0 Å². The Balaban J connectivity index is 1.51. The van der Waals surface area contributed by atoms with Gasteiger partial charge >= 0.3 is 0 Å². The second kappa shape index (κ2) is 8.08. The summed E-state index contributed by atoms with van der Waals surface area (Å²) in [5, 5.41) is -0.228. The maximum Gasteiger partial charge on any atom is 0.289 e. The fourth-order valence-electron chi connectivity index (χ4n) is 3.55. The molecule has 26 heavy (non-hydrogen) atoms. The molecule has 0 saturated carbocycles. The summed E-state index contributed by atoms with van der Waals surface area (Å²) in [5.74, 6) is 0.455. The van der Waals surface area contributed by atoms with Gasteiger partial charge in [-0.05, 0) is 45.0 Å². The largest absolute Gasteiger partial charge is 0.438 e. The summed E-state index contributed by atoms with van der Waals surface area (Å²) in [6, 6.07) is 2.75.